The molecule has 6 rings (SSSR count). The van der Waals surface area contributed by atoms with Crippen LogP contribution in [0.4, 0.5) is 8.78 Å². The van der Waals surface area contributed by atoms with E-state index in [9.17, 15) is 17.6 Å². The molecule has 1 aliphatic carbocycles. The van der Waals surface area contributed by atoms with Crippen molar-refractivity contribution in [1.82, 2.24) is 9.29 Å². The molecule has 6 nitrogen and oxygen atoms in total. The van der Waals surface area contributed by atoms with E-state index in [1.54, 1.807) is 24.4 Å². The van der Waals surface area contributed by atoms with Crippen molar-refractivity contribution in [2.24, 2.45) is 5.92 Å². The second kappa shape index (κ2) is 10.8. The number of ether oxygens (including phenoxy) is 1. The summed E-state index contributed by atoms with van der Waals surface area (Å²) in [6.45, 7) is 1.44. The average molecular weight is 575 g/mol. The van der Waals surface area contributed by atoms with Gasteiger partial charge in [0.15, 0.2) is 5.78 Å². The number of fused-ring (bicyclic) bond motifs is 2. The highest BCUT2D eigenvalue weighted by Crippen LogP contribution is 2.44. The summed E-state index contributed by atoms with van der Waals surface area (Å²) in [6, 6.07) is 17.9. The first-order valence-corrected chi connectivity index (χ1v) is 15.4. The van der Waals surface area contributed by atoms with E-state index in [0.29, 0.717) is 59.2 Å². The molecular formula is C32H28F2N2O4S. The van der Waals surface area contributed by atoms with Gasteiger partial charge in [0.05, 0.1) is 18.4 Å². The highest BCUT2D eigenvalue weighted by molar-refractivity contribution is 7.88. The van der Waals surface area contributed by atoms with Crippen molar-refractivity contribution in [3.05, 3.63) is 107 Å². The minimum absolute atomic E-state index is 0.135. The number of piperidine rings is 1. The molecule has 2 aliphatic rings. The molecule has 9 heteroatoms. The first-order valence-electron chi connectivity index (χ1n) is 13.5. The van der Waals surface area contributed by atoms with Crippen molar-refractivity contribution < 1.29 is 26.7 Å². The smallest absolute Gasteiger partial charge is 0.211 e. The van der Waals surface area contributed by atoms with Crippen LogP contribution < -0.4 is 4.74 Å². The normalized spacial score (nSPS) is 16.4. The van der Waals surface area contributed by atoms with E-state index in [1.807, 2.05) is 30.3 Å². The Labute approximate surface area is 237 Å². The molecule has 0 unspecified atom stereocenters. The minimum atomic E-state index is -3.17. The number of carbonyl (C=O) groups is 1. The predicted molar refractivity (Wildman–Crippen MR) is 154 cm³/mol. The average Bonchev–Trinajstić information content (AvgIpc) is 3.24. The third-order valence-electron chi connectivity index (χ3n) is 7.90. The van der Waals surface area contributed by atoms with Crippen LogP contribution in [0.5, 0.6) is 5.75 Å². The van der Waals surface area contributed by atoms with E-state index < -0.39 is 21.7 Å². The fraction of sp³-hybridized carbons (Fsp3) is 0.250. The maximum absolute atomic E-state index is 15.1. The van der Waals surface area contributed by atoms with Gasteiger partial charge in [0.2, 0.25) is 10.0 Å². The van der Waals surface area contributed by atoms with Crippen LogP contribution in [0.15, 0.2) is 72.9 Å². The van der Waals surface area contributed by atoms with Gasteiger partial charge in [0.1, 0.15) is 17.4 Å². The maximum atomic E-state index is 15.1. The van der Waals surface area contributed by atoms with Crippen molar-refractivity contribution in [2.45, 2.75) is 19.3 Å². The monoisotopic (exact) mass is 574 g/mol. The Morgan fingerprint density at radius 1 is 0.927 bits per heavy atom. The Hall–Kier alpha value is -3.95. The van der Waals surface area contributed by atoms with Gasteiger partial charge >= 0.3 is 0 Å². The molecule has 41 heavy (non-hydrogen) atoms. The lowest BCUT2D eigenvalue weighted by Crippen LogP contribution is -2.38. The van der Waals surface area contributed by atoms with Gasteiger partial charge in [-0.05, 0) is 73.2 Å². The van der Waals surface area contributed by atoms with Gasteiger partial charge in [-0.15, -0.1) is 0 Å². The molecule has 0 saturated carbocycles. The second-order valence-corrected chi connectivity index (χ2v) is 12.6. The van der Waals surface area contributed by atoms with Crippen molar-refractivity contribution >= 4 is 37.9 Å². The summed E-state index contributed by atoms with van der Waals surface area (Å²) in [6.07, 6.45) is 5.16. The molecule has 210 valence electrons. The van der Waals surface area contributed by atoms with Crippen molar-refractivity contribution in [3.8, 4) is 5.75 Å². The van der Waals surface area contributed by atoms with Crippen LogP contribution in [-0.2, 0) is 10.0 Å². The number of allylic oxidation sites excluding steroid dienone is 1. The lowest BCUT2D eigenvalue weighted by Gasteiger charge is -2.30. The second-order valence-electron chi connectivity index (χ2n) is 10.6. The summed E-state index contributed by atoms with van der Waals surface area (Å²) in [5, 5.41) is 0.839. The zero-order valence-electron chi connectivity index (χ0n) is 22.4. The summed E-state index contributed by atoms with van der Waals surface area (Å²) < 4.78 is 60.0. The van der Waals surface area contributed by atoms with Crippen LogP contribution in [0.1, 0.15) is 46.3 Å². The quantitative estimate of drug-likeness (QED) is 0.266. The lowest BCUT2D eigenvalue weighted by molar-refractivity contribution is 0.105. The number of benzene rings is 3. The Balaban J connectivity index is 1.28. The number of hydrogen-bond acceptors (Lipinski definition) is 5. The number of para-hydroxylation sites is 1. The van der Waals surface area contributed by atoms with Crippen LogP contribution in [0, 0.1) is 17.6 Å². The maximum Gasteiger partial charge on any atom is 0.211 e. The molecular weight excluding hydrogens is 546 g/mol. The van der Waals surface area contributed by atoms with Gasteiger partial charge in [-0.1, -0.05) is 18.2 Å². The number of ketones is 1. The van der Waals surface area contributed by atoms with E-state index in [1.165, 1.54) is 22.7 Å². The van der Waals surface area contributed by atoms with E-state index in [-0.39, 0.29) is 11.3 Å². The Morgan fingerprint density at radius 3 is 2.44 bits per heavy atom. The third-order valence-corrected chi connectivity index (χ3v) is 9.20. The number of rotatable bonds is 7. The summed E-state index contributed by atoms with van der Waals surface area (Å²) in [7, 11) is -3.17. The fourth-order valence-corrected chi connectivity index (χ4v) is 6.60. The topological polar surface area (TPSA) is 76.6 Å². The van der Waals surface area contributed by atoms with Crippen molar-refractivity contribution in [2.75, 3.05) is 26.0 Å². The lowest BCUT2D eigenvalue weighted by atomic mass is 9.94. The summed E-state index contributed by atoms with van der Waals surface area (Å²) in [5.41, 5.74) is 3.08. The summed E-state index contributed by atoms with van der Waals surface area (Å²) in [5.74, 6) is -0.868. The van der Waals surface area contributed by atoms with Crippen molar-refractivity contribution in [1.29, 1.82) is 0 Å². The Kier molecular flexibility index (Phi) is 7.17. The number of pyridine rings is 1. The molecule has 4 aromatic rings. The standard InChI is InChI=1S/C32H28F2N2O4S/c1-41(38,39)36-13-10-20(11-14-36)12-15-40-24-7-9-25-27(18-24)32(37)30(31(25)26-8-6-23(33)17-28(26)34)22-16-21-4-2-3-5-29(21)35-19-22/h2-9,16-20H,10-15H2,1H3. The van der Waals surface area contributed by atoms with Gasteiger partial charge in [-0.25, -0.2) is 21.5 Å². The molecule has 0 bridgehead atoms. The summed E-state index contributed by atoms with van der Waals surface area (Å²) >= 11 is 0. The number of sulfonamides is 1. The van der Waals surface area contributed by atoms with Gasteiger partial charge in [-0.3, -0.25) is 9.78 Å². The van der Waals surface area contributed by atoms with Crippen LogP contribution >= 0.6 is 0 Å². The van der Waals surface area contributed by atoms with Gasteiger partial charge in [0.25, 0.3) is 0 Å². The highest BCUT2D eigenvalue weighted by Gasteiger charge is 2.33. The molecule has 0 N–H and O–H groups in total. The number of Topliss-reactive ketones (excluding diaryl/α,β-unsaturated/α-hetero) is 1. The van der Waals surface area contributed by atoms with Crippen LogP contribution in [0.2, 0.25) is 0 Å². The molecule has 0 atom stereocenters. The largest absolute Gasteiger partial charge is 0.494 e. The molecule has 1 fully saturated rings. The van der Waals surface area contributed by atoms with Crippen LogP contribution in [-0.4, -0.2) is 49.4 Å². The highest BCUT2D eigenvalue weighted by atomic mass is 32.2. The number of carbonyl (C=O) groups excluding carboxylic acids is 1. The van der Waals surface area contributed by atoms with E-state index in [2.05, 4.69) is 4.98 Å². The zero-order valence-corrected chi connectivity index (χ0v) is 23.3. The number of halogens is 2. The number of hydrogen-bond donors (Lipinski definition) is 0. The molecule has 1 aromatic heterocycles. The Morgan fingerprint density at radius 2 is 1.68 bits per heavy atom. The first kappa shape index (κ1) is 27.2. The zero-order chi connectivity index (χ0) is 28.7. The molecule has 0 amide bonds. The molecule has 3 aromatic carbocycles. The first-order chi connectivity index (χ1) is 19.7. The van der Waals surface area contributed by atoms with E-state index in [4.69, 9.17) is 4.74 Å². The van der Waals surface area contributed by atoms with E-state index >= 15 is 4.39 Å². The van der Waals surface area contributed by atoms with Crippen LogP contribution in [0.3, 0.4) is 0 Å². The molecule has 0 spiro atoms. The third kappa shape index (κ3) is 5.39. The Bertz CT molecular complexity index is 1810. The summed E-state index contributed by atoms with van der Waals surface area (Å²) in [4.78, 5) is 18.4. The fourth-order valence-electron chi connectivity index (χ4n) is 5.73. The van der Waals surface area contributed by atoms with Gasteiger partial charge in [-0.2, -0.15) is 0 Å². The molecule has 1 aliphatic heterocycles. The van der Waals surface area contributed by atoms with Gasteiger partial charge < -0.3 is 4.74 Å². The molecule has 1 saturated heterocycles. The molecule has 0 radical (unpaired) electrons. The van der Waals surface area contributed by atoms with Gasteiger partial charge in [0, 0.05) is 58.6 Å². The molecule has 2 heterocycles. The van der Waals surface area contributed by atoms with Crippen LogP contribution in [0.25, 0.3) is 22.0 Å². The van der Waals surface area contributed by atoms with Crippen molar-refractivity contribution in [3.63, 3.8) is 0 Å². The number of nitrogens with zero attached hydrogens (tertiary/aromatic N) is 2. The minimum Gasteiger partial charge on any atom is -0.494 e. The van der Waals surface area contributed by atoms with E-state index in [0.717, 1.165) is 36.2 Å². The SMILES string of the molecule is CS(=O)(=O)N1CCC(CCOc2ccc3c(c2)C(=O)C(c2cnc4ccccc4c2)=C3c2ccc(F)cc2F)CC1. The predicted octanol–water partition coefficient (Wildman–Crippen LogP) is 6.11. The number of aromatic nitrogens is 1.